The van der Waals surface area contributed by atoms with Gasteiger partial charge in [0.25, 0.3) is 0 Å². The van der Waals surface area contributed by atoms with E-state index in [9.17, 15) is 0 Å². The average Bonchev–Trinajstić information content (AvgIpc) is 2.28. The third kappa shape index (κ3) is 1.64. The highest BCUT2D eigenvalue weighted by Gasteiger charge is 2.64. The summed E-state index contributed by atoms with van der Waals surface area (Å²) >= 11 is 15.7. The molecule has 2 bridgehead atoms. The zero-order valence-electron chi connectivity index (χ0n) is 10.1. The van der Waals surface area contributed by atoms with Crippen LogP contribution in [0.25, 0.3) is 0 Å². The van der Waals surface area contributed by atoms with Crippen molar-refractivity contribution in [1.29, 1.82) is 0 Å². The lowest BCUT2D eigenvalue weighted by molar-refractivity contribution is 0.179. The third-order valence-electron chi connectivity index (χ3n) is 4.55. The summed E-state index contributed by atoms with van der Waals surface area (Å²) in [5.74, 6) is 0.903. The molecule has 0 spiro atoms. The highest BCUT2D eigenvalue weighted by Crippen LogP contribution is 2.69. The van der Waals surface area contributed by atoms with E-state index in [0.717, 1.165) is 0 Å². The first-order valence-corrected chi connectivity index (χ1v) is 9.46. The van der Waals surface area contributed by atoms with E-state index in [1.807, 2.05) is 0 Å². The highest BCUT2D eigenvalue weighted by molar-refractivity contribution is 9.26. The summed E-state index contributed by atoms with van der Waals surface area (Å²) in [5, 5.41) is 0. The molecular formula is C14H14Br4. The second-order valence-corrected chi connectivity index (χ2v) is 11.5. The Balaban J connectivity index is 2.30. The zero-order valence-corrected chi connectivity index (χ0v) is 16.5. The van der Waals surface area contributed by atoms with Gasteiger partial charge in [0.2, 0.25) is 0 Å². The molecule has 0 aliphatic heterocycles. The van der Waals surface area contributed by atoms with Crippen LogP contribution in [-0.2, 0) is 0 Å². The van der Waals surface area contributed by atoms with Crippen molar-refractivity contribution in [2.75, 3.05) is 0 Å². The molecule has 0 heterocycles. The number of benzene rings is 1. The minimum absolute atomic E-state index is 0.0806. The molecule has 0 saturated heterocycles. The lowest BCUT2D eigenvalue weighted by Gasteiger charge is -2.60. The number of rotatable bonds is 0. The summed E-state index contributed by atoms with van der Waals surface area (Å²) in [6, 6.07) is 8.86. The Kier molecular flexibility index (Phi) is 3.38. The molecule has 0 aromatic heterocycles. The van der Waals surface area contributed by atoms with Crippen molar-refractivity contribution >= 4 is 63.7 Å². The van der Waals surface area contributed by atoms with Crippen LogP contribution in [0.1, 0.15) is 36.8 Å². The molecule has 0 radical (unpaired) electrons. The molecule has 4 atom stereocenters. The van der Waals surface area contributed by atoms with E-state index in [1.54, 1.807) is 0 Å². The fraction of sp³-hybridized carbons (Fsp3) is 0.571. The normalized spacial score (nSPS) is 39.4. The van der Waals surface area contributed by atoms with E-state index in [0.29, 0.717) is 21.5 Å². The third-order valence-corrected chi connectivity index (χ3v) is 10.7. The predicted octanol–water partition coefficient (Wildman–Crippen LogP) is 5.92. The van der Waals surface area contributed by atoms with Gasteiger partial charge in [-0.3, -0.25) is 0 Å². The van der Waals surface area contributed by atoms with Crippen molar-refractivity contribution in [3.8, 4) is 0 Å². The molecule has 4 heteroatoms. The molecule has 1 fully saturated rings. The van der Waals surface area contributed by atoms with Gasteiger partial charge in [0.15, 0.2) is 0 Å². The number of alkyl halides is 4. The van der Waals surface area contributed by atoms with Gasteiger partial charge in [-0.1, -0.05) is 102 Å². The Morgan fingerprint density at radius 2 is 1.39 bits per heavy atom. The fourth-order valence-corrected chi connectivity index (χ4v) is 8.07. The van der Waals surface area contributed by atoms with Crippen molar-refractivity contribution < 1.29 is 0 Å². The molecule has 4 rings (SSSR count). The largest absolute Gasteiger partial charge is 0.101 e. The highest BCUT2D eigenvalue weighted by atomic mass is 79.9. The topological polar surface area (TPSA) is 0 Å². The van der Waals surface area contributed by atoms with Crippen molar-refractivity contribution in [1.82, 2.24) is 0 Å². The summed E-state index contributed by atoms with van der Waals surface area (Å²) in [6.07, 6.45) is 0. The van der Waals surface area contributed by atoms with E-state index in [-0.39, 0.29) is 8.65 Å². The van der Waals surface area contributed by atoms with E-state index >= 15 is 0 Å². The van der Waals surface area contributed by atoms with Gasteiger partial charge in [-0.25, -0.2) is 0 Å². The van der Waals surface area contributed by atoms with Crippen LogP contribution in [0, 0.1) is 5.41 Å². The first kappa shape index (κ1) is 14.1. The minimum Gasteiger partial charge on any atom is -0.0877 e. The molecule has 0 amide bonds. The zero-order chi connectivity index (χ0) is 13.3. The number of hydrogen-bond acceptors (Lipinski definition) is 0. The van der Waals surface area contributed by atoms with Crippen molar-refractivity contribution in [3.05, 3.63) is 35.4 Å². The quantitative estimate of drug-likeness (QED) is 0.387. The maximum Gasteiger partial charge on any atom is 0.101 e. The van der Waals surface area contributed by atoms with Gasteiger partial charge < -0.3 is 0 Å². The standard InChI is InChI=1S/C14H14Br4/c1-13(2)9-7-5-3-4-6-8(7)10(11(13)15)14(17,18)12(9)16/h3-6,9-12H,1-2H3/t9-,10-,11?,12+/m0/s1. The van der Waals surface area contributed by atoms with Crippen molar-refractivity contribution in [2.45, 2.75) is 38.6 Å². The van der Waals surface area contributed by atoms with Crippen LogP contribution in [0.3, 0.4) is 0 Å². The Morgan fingerprint density at radius 1 is 0.889 bits per heavy atom. The molecule has 0 nitrogen and oxygen atoms in total. The van der Waals surface area contributed by atoms with Crippen LogP contribution in [0.5, 0.6) is 0 Å². The van der Waals surface area contributed by atoms with E-state index in [1.165, 1.54) is 11.1 Å². The molecule has 98 valence electrons. The monoisotopic (exact) mass is 498 g/mol. The van der Waals surface area contributed by atoms with Crippen LogP contribution < -0.4 is 0 Å². The second kappa shape index (κ2) is 4.32. The van der Waals surface area contributed by atoms with Gasteiger partial charge in [-0.05, 0) is 16.5 Å². The van der Waals surface area contributed by atoms with Crippen LogP contribution in [0.2, 0.25) is 0 Å². The van der Waals surface area contributed by atoms with Gasteiger partial charge in [-0.2, -0.15) is 0 Å². The van der Waals surface area contributed by atoms with Gasteiger partial charge in [0, 0.05) is 21.5 Å². The SMILES string of the molecule is CC1(C)C(Br)[C@@H]2c3ccccc3[C@H]1[C@@H](Br)C2(Br)Br. The molecule has 1 aromatic carbocycles. The van der Waals surface area contributed by atoms with Crippen molar-refractivity contribution in [3.63, 3.8) is 0 Å². The Bertz CT molecular complexity index is 449. The minimum atomic E-state index is -0.0806. The Hall–Kier alpha value is 1.14. The maximum absolute atomic E-state index is 3.96. The molecule has 3 aliphatic carbocycles. The summed E-state index contributed by atoms with van der Waals surface area (Å²) in [6.45, 7) is 4.73. The average molecular weight is 502 g/mol. The summed E-state index contributed by atoms with van der Waals surface area (Å²) in [4.78, 5) is 0.839. The lowest BCUT2D eigenvalue weighted by Crippen LogP contribution is -2.59. The number of fused-ring (bicyclic) bond motifs is 2. The maximum atomic E-state index is 3.96. The molecular weight excluding hydrogens is 488 g/mol. The molecule has 1 saturated carbocycles. The molecule has 1 unspecified atom stereocenters. The van der Waals surface area contributed by atoms with E-state index < -0.39 is 0 Å². The molecule has 1 aromatic rings. The first-order valence-electron chi connectivity index (χ1n) is 6.04. The van der Waals surface area contributed by atoms with Crippen LogP contribution >= 0.6 is 63.7 Å². The molecule has 18 heavy (non-hydrogen) atoms. The summed E-state index contributed by atoms with van der Waals surface area (Å²) in [5.41, 5.74) is 3.20. The van der Waals surface area contributed by atoms with E-state index in [2.05, 4.69) is 102 Å². The first-order chi connectivity index (χ1) is 8.29. The Morgan fingerprint density at radius 3 is 1.94 bits per heavy atom. The molecule has 3 aliphatic rings. The smallest absolute Gasteiger partial charge is 0.0877 e. The van der Waals surface area contributed by atoms with Crippen LogP contribution in [0.15, 0.2) is 24.3 Å². The summed E-state index contributed by atoms with van der Waals surface area (Å²) < 4.78 is -0.0806. The van der Waals surface area contributed by atoms with E-state index in [4.69, 9.17) is 0 Å². The lowest BCUT2D eigenvalue weighted by atomic mass is 9.55. The van der Waals surface area contributed by atoms with Gasteiger partial charge in [0.1, 0.15) is 3.23 Å². The second-order valence-electron chi connectivity index (χ2n) is 5.88. The van der Waals surface area contributed by atoms with Crippen LogP contribution in [-0.4, -0.2) is 12.9 Å². The van der Waals surface area contributed by atoms with Gasteiger partial charge in [0.05, 0.1) is 0 Å². The summed E-state index contributed by atoms with van der Waals surface area (Å²) in [7, 11) is 0. The number of halogens is 4. The van der Waals surface area contributed by atoms with Crippen LogP contribution in [0.4, 0.5) is 0 Å². The number of hydrogen-bond donors (Lipinski definition) is 0. The van der Waals surface area contributed by atoms with Gasteiger partial charge >= 0.3 is 0 Å². The van der Waals surface area contributed by atoms with Gasteiger partial charge in [-0.15, -0.1) is 0 Å². The Labute approximate surface area is 142 Å². The fourth-order valence-electron chi connectivity index (χ4n) is 3.57. The molecule has 0 N–H and O–H groups in total. The van der Waals surface area contributed by atoms with Crippen molar-refractivity contribution in [2.24, 2.45) is 5.41 Å². The predicted molar refractivity (Wildman–Crippen MR) is 91.7 cm³/mol.